The normalized spacial score (nSPS) is 13.1. The number of aliphatic hydroxyl groups excluding tert-OH is 3. The number of hydrogen-bond donors (Lipinski definition) is 5. The lowest BCUT2D eigenvalue weighted by molar-refractivity contribution is -0.0845. The highest BCUT2D eigenvalue weighted by atomic mass is 16.5. The lowest BCUT2D eigenvalue weighted by Crippen LogP contribution is -2.18. The molecule has 0 heterocycles. The van der Waals surface area contributed by atoms with E-state index < -0.39 is 12.6 Å². The Morgan fingerprint density at radius 1 is 0.517 bits per heavy atom. The van der Waals surface area contributed by atoms with Crippen molar-refractivity contribution in [1.82, 2.24) is 0 Å². The van der Waals surface area contributed by atoms with E-state index in [0.717, 1.165) is 64.2 Å². The average molecular weight is 411 g/mol. The van der Waals surface area contributed by atoms with Crippen LogP contribution in [0.2, 0.25) is 0 Å². The summed E-state index contributed by atoms with van der Waals surface area (Å²) in [5, 5.41) is 44.9. The summed E-state index contributed by atoms with van der Waals surface area (Å²) in [6.07, 6.45) is 24.4. The van der Waals surface area contributed by atoms with Gasteiger partial charge in [0.25, 0.3) is 0 Å². The maximum Gasteiger partial charge on any atom is 0.151 e. The van der Waals surface area contributed by atoms with Crippen LogP contribution < -0.4 is 0 Å². The van der Waals surface area contributed by atoms with Crippen LogP contribution in [0.25, 0.3) is 0 Å². The molecule has 0 amide bonds. The second kappa shape index (κ2) is 21.5. The standard InChI is InChI=1S/C24H42O5/c25-19-17-15-13-11-9-7-5-3-1-2-4-6-8-10-12-14-16-18-22(20-23(26)27)21-24(28)29/h2-5,8-11,22-29H,1,6-7,12-21H2. The zero-order valence-corrected chi connectivity index (χ0v) is 17.8. The summed E-state index contributed by atoms with van der Waals surface area (Å²) in [7, 11) is 0. The third-order valence-corrected chi connectivity index (χ3v) is 4.58. The Kier molecular flexibility index (Phi) is 20.6. The molecule has 0 aromatic rings. The molecule has 0 saturated heterocycles. The predicted octanol–water partition coefficient (Wildman–Crippen LogP) is 4.12. The molecule has 0 saturated carbocycles. The van der Waals surface area contributed by atoms with Gasteiger partial charge >= 0.3 is 0 Å². The van der Waals surface area contributed by atoms with E-state index in [-0.39, 0.29) is 25.4 Å². The maximum absolute atomic E-state index is 9.05. The van der Waals surface area contributed by atoms with Crippen molar-refractivity contribution < 1.29 is 25.5 Å². The summed E-state index contributed by atoms with van der Waals surface area (Å²) in [6.45, 7) is 0.282. The van der Waals surface area contributed by atoms with E-state index in [2.05, 4.69) is 48.6 Å². The van der Waals surface area contributed by atoms with Crippen molar-refractivity contribution in [1.29, 1.82) is 0 Å². The monoisotopic (exact) mass is 410 g/mol. The second-order valence-corrected chi connectivity index (χ2v) is 7.40. The zero-order chi connectivity index (χ0) is 21.6. The van der Waals surface area contributed by atoms with E-state index in [1.54, 1.807) is 0 Å². The minimum absolute atomic E-state index is 0.0725. The first kappa shape index (κ1) is 27.8. The molecule has 0 aliphatic carbocycles. The van der Waals surface area contributed by atoms with Crippen molar-refractivity contribution in [3.63, 3.8) is 0 Å². The topological polar surface area (TPSA) is 101 Å². The number of hydrogen-bond acceptors (Lipinski definition) is 5. The molecule has 0 radical (unpaired) electrons. The fourth-order valence-corrected chi connectivity index (χ4v) is 3.05. The van der Waals surface area contributed by atoms with Crippen molar-refractivity contribution in [3.8, 4) is 0 Å². The lowest BCUT2D eigenvalue weighted by atomic mass is 9.94. The minimum atomic E-state index is -1.39. The lowest BCUT2D eigenvalue weighted by Gasteiger charge is -2.18. The summed E-state index contributed by atoms with van der Waals surface area (Å²) < 4.78 is 0. The Balaban J connectivity index is 3.64. The first-order valence-corrected chi connectivity index (χ1v) is 11.0. The van der Waals surface area contributed by atoms with Crippen LogP contribution in [0.3, 0.4) is 0 Å². The molecule has 5 heteroatoms. The SMILES string of the molecule is OCCCCC=CCC=CCC=CCC=CCCCCC(CC(O)O)CC(O)O. The molecule has 5 nitrogen and oxygen atoms in total. The van der Waals surface area contributed by atoms with Gasteiger partial charge in [-0.2, -0.15) is 0 Å². The van der Waals surface area contributed by atoms with Crippen LogP contribution in [-0.4, -0.2) is 44.7 Å². The van der Waals surface area contributed by atoms with Gasteiger partial charge in [-0.15, -0.1) is 0 Å². The van der Waals surface area contributed by atoms with Crippen LogP contribution in [0.1, 0.15) is 77.0 Å². The van der Waals surface area contributed by atoms with Crippen molar-refractivity contribution >= 4 is 0 Å². The Morgan fingerprint density at radius 2 is 0.931 bits per heavy atom. The Labute approximate surface area is 176 Å². The molecule has 0 aliphatic rings. The number of aliphatic hydroxyl groups is 5. The van der Waals surface area contributed by atoms with Gasteiger partial charge in [0, 0.05) is 19.4 Å². The van der Waals surface area contributed by atoms with E-state index in [0.29, 0.717) is 0 Å². The Hall–Kier alpha value is -1.24. The van der Waals surface area contributed by atoms with Crippen LogP contribution in [0, 0.1) is 5.92 Å². The van der Waals surface area contributed by atoms with E-state index in [1.807, 2.05) is 0 Å². The highest BCUT2D eigenvalue weighted by Gasteiger charge is 2.15. The Bertz CT molecular complexity index is 442. The minimum Gasteiger partial charge on any atom is -0.396 e. The third kappa shape index (κ3) is 22.9. The quantitative estimate of drug-likeness (QED) is 0.125. The van der Waals surface area contributed by atoms with Crippen LogP contribution in [0.5, 0.6) is 0 Å². The van der Waals surface area contributed by atoms with Gasteiger partial charge in [-0.3, -0.25) is 0 Å². The fourth-order valence-electron chi connectivity index (χ4n) is 3.05. The number of rotatable bonds is 19. The molecule has 0 aliphatic heterocycles. The summed E-state index contributed by atoms with van der Waals surface area (Å²) in [6, 6.07) is 0. The van der Waals surface area contributed by atoms with E-state index in [1.165, 1.54) is 0 Å². The molecule has 168 valence electrons. The van der Waals surface area contributed by atoms with Gasteiger partial charge in [-0.05, 0) is 57.3 Å². The molecule has 0 spiro atoms. The molecule has 0 aromatic carbocycles. The van der Waals surface area contributed by atoms with Crippen LogP contribution in [0.4, 0.5) is 0 Å². The molecular weight excluding hydrogens is 368 g/mol. The average Bonchev–Trinajstić information content (AvgIpc) is 2.66. The maximum atomic E-state index is 9.05. The van der Waals surface area contributed by atoms with Gasteiger partial charge in [0.15, 0.2) is 12.6 Å². The van der Waals surface area contributed by atoms with Gasteiger partial charge in [0.1, 0.15) is 0 Å². The van der Waals surface area contributed by atoms with Gasteiger partial charge < -0.3 is 25.5 Å². The first-order valence-electron chi connectivity index (χ1n) is 11.0. The molecule has 5 N–H and O–H groups in total. The molecule has 0 bridgehead atoms. The van der Waals surface area contributed by atoms with Crippen molar-refractivity contribution in [2.45, 2.75) is 89.6 Å². The van der Waals surface area contributed by atoms with Crippen LogP contribution >= 0.6 is 0 Å². The molecule has 0 fully saturated rings. The fraction of sp³-hybridized carbons (Fsp3) is 0.667. The van der Waals surface area contributed by atoms with E-state index in [4.69, 9.17) is 25.5 Å². The molecule has 0 unspecified atom stereocenters. The molecule has 29 heavy (non-hydrogen) atoms. The summed E-state index contributed by atoms with van der Waals surface area (Å²) in [5.74, 6) is -0.0725. The molecule has 0 aromatic heterocycles. The predicted molar refractivity (Wildman–Crippen MR) is 119 cm³/mol. The van der Waals surface area contributed by atoms with Crippen LogP contribution in [0.15, 0.2) is 48.6 Å². The molecule has 0 rings (SSSR count). The van der Waals surface area contributed by atoms with E-state index >= 15 is 0 Å². The zero-order valence-electron chi connectivity index (χ0n) is 17.8. The van der Waals surface area contributed by atoms with Gasteiger partial charge in [0.05, 0.1) is 0 Å². The highest BCUT2D eigenvalue weighted by molar-refractivity contribution is 4.99. The smallest absolute Gasteiger partial charge is 0.151 e. The van der Waals surface area contributed by atoms with E-state index in [9.17, 15) is 0 Å². The number of allylic oxidation sites excluding steroid dienone is 8. The summed E-state index contributed by atoms with van der Waals surface area (Å²) in [5.41, 5.74) is 0. The summed E-state index contributed by atoms with van der Waals surface area (Å²) in [4.78, 5) is 0. The van der Waals surface area contributed by atoms with Gasteiger partial charge in [-0.1, -0.05) is 61.4 Å². The van der Waals surface area contributed by atoms with Crippen molar-refractivity contribution in [2.24, 2.45) is 5.92 Å². The largest absolute Gasteiger partial charge is 0.396 e. The van der Waals surface area contributed by atoms with Gasteiger partial charge in [0.2, 0.25) is 0 Å². The first-order chi connectivity index (χ1) is 14.1. The summed E-state index contributed by atoms with van der Waals surface area (Å²) >= 11 is 0. The third-order valence-electron chi connectivity index (χ3n) is 4.58. The van der Waals surface area contributed by atoms with Gasteiger partial charge in [-0.25, -0.2) is 0 Å². The van der Waals surface area contributed by atoms with Crippen LogP contribution in [-0.2, 0) is 0 Å². The van der Waals surface area contributed by atoms with Crippen molar-refractivity contribution in [2.75, 3.05) is 6.61 Å². The molecular formula is C24H42O5. The highest BCUT2D eigenvalue weighted by Crippen LogP contribution is 2.20. The Morgan fingerprint density at radius 3 is 1.34 bits per heavy atom. The number of unbranched alkanes of at least 4 members (excludes halogenated alkanes) is 4. The second-order valence-electron chi connectivity index (χ2n) is 7.40. The van der Waals surface area contributed by atoms with Crippen molar-refractivity contribution in [3.05, 3.63) is 48.6 Å². The molecule has 0 atom stereocenters.